The predicted molar refractivity (Wildman–Crippen MR) is 111 cm³/mol. The Bertz CT molecular complexity index is 1120. The quantitative estimate of drug-likeness (QED) is 0.399. The molecule has 0 spiro atoms. The van der Waals surface area contributed by atoms with Crippen LogP contribution in [0.5, 0.6) is 0 Å². The summed E-state index contributed by atoms with van der Waals surface area (Å²) >= 11 is 1.58. The van der Waals surface area contributed by atoms with Gasteiger partial charge in [0.15, 0.2) is 0 Å². The van der Waals surface area contributed by atoms with E-state index in [1.807, 2.05) is 47.4 Å². The molecule has 27 heavy (non-hydrogen) atoms. The number of benzene rings is 2. The SMILES string of the molecule is COCCN=c1scc(-c2ccccc2)n1N=Cc1c[nH]c2ccccc12. The van der Waals surface area contributed by atoms with Gasteiger partial charge in [-0.3, -0.25) is 4.99 Å². The number of thiazole rings is 1. The first-order chi connectivity index (χ1) is 13.4. The minimum absolute atomic E-state index is 0.588. The van der Waals surface area contributed by atoms with Gasteiger partial charge in [-0.2, -0.15) is 5.10 Å². The summed E-state index contributed by atoms with van der Waals surface area (Å²) in [4.78, 5) is 8.77. The van der Waals surface area contributed by atoms with E-state index in [1.165, 1.54) is 0 Å². The van der Waals surface area contributed by atoms with Crippen molar-refractivity contribution in [3.63, 3.8) is 0 Å². The van der Waals surface area contributed by atoms with E-state index in [-0.39, 0.29) is 0 Å². The van der Waals surface area contributed by atoms with Gasteiger partial charge in [0.2, 0.25) is 4.80 Å². The van der Waals surface area contributed by atoms with E-state index in [9.17, 15) is 0 Å². The van der Waals surface area contributed by atoms with Crippen LogP contribution in [0.3, 0.4) is 0 Å². The summed E-state index contributed by atoms with van der Waals surface area (Å²) in [5.74, 6) is 0. The van der Waals surface area contributed by atoms with Gasteiger partial charge in [-0.05, 0) is 6.07 Å². The van der Waals surface area contributed by atoms with Crippen molar-refractivity contribution in [3.8, 4) is 11.3 Å². The van der Waals surface area contributed by atoms with Crippen LogP contribution in [0.25, 0.3) is 22.2 Å². The molecular formula is C21H20N4OS. The fourth-order valence-corrected chi connectivity index (χ4v) is 3.74. The van der Waals surface area contributed by atoms with Crippen LogP contribution in [0.15, 0.2) is 76.3 Å². The lowest BCUT2D eigenvalue weighted by Crippen LogP contribution is -2.13. The molecule has 0 amide bonds. The number of aromatic nitrogens is 2. The zero-order valence-electron chi connectivity index (χ0n) is 15.0. The Morgan fingerprint density at radius 3 is 2.78 bits per heavy atom. The maximum Gasteiger partial charge on any atom is 0.206 e. The van der Waals surface area contributed by atoms with Crippen molar-refractivity contribution in [1.82, 2.24) is 9.66 Å². The summed E-state index contributed by atoms with van der Waals surface area (Å²) in [5, 5.41) is 8.00. The molecule has 5 nitrogen and oxygen atoms in total. The fourth-order valence-electron chi connectivity index (χ4n) is 2.88. The van der Waals surface area contributed by atoms with E-state index >= 15 is 0 Å². The summed E-state index contributed by atoms with van der Waals surface area (Å²) in [6.45, 7) is 1.19. The largest absolute Gasteiger partial charge is 0.383 e. The number of aromatic amines is 1. The molecule has 0 fully saturated rings. The number of hydrogen-bond acceptors (Lipinski definition) is 4. The van der Waals surface area contributed by atoms with Crippen LogP contribution in [-0.2, 0) is 4.74 Å². The summed E-state index contributed by atoms with van der Waals surface area (Å²) < 4.78 is 7.02. The third-order valence-electron chi connectivity index (χ3n) is 4.23. The Morgan fingerprint density at radius 2 is 1.93 bits per heavy atom. The Morgan fingerprint density at radius 1 is 1.11 bits per heavy atom. The lowest BCUT2D eigenvalue weighted by molar-refractivity contribution is 0.207. The fraction of sp³-hybridized carbons (Fsp3) is 0.143. The zero-order chi connectivity index (χ0) is 18.5. The molecule has 2 aromatic heterocycles. The topological polar surface area (TPSA) is 54.7 Å². The second-order valence-corrected chi connectivity index (χ2v) is 6.83. The molecule has 0 bridgehead atoms. The van der Waals surface area contributed by atoms with Crippen LogP contribution < -0.4 is 4.80 Å². The zero-order valence-corrected chi connectivity index (χ0v) is 15.8. The van der Waals surface area contributed by atoms with Gasteiger partial charge < -0.3 is 9.72 Å². The van der Waals surface area contributed by atoms with Crippen molar-refractivity contribution in [2.45, 2.75) is 0 Å². The van der Waals surface area contributed by atoms with Gasteiger partial charge in [-0.15, -0.1) is 11.3 Å². The summed E-state index contributed by atoms with van der Waals surface area (Å²) in [7, 11) is 1.68. The number of methoxy groups -OCH3 is 1. The highest BCUT2D eigenvalue weighted by Gasteiger charge is 2.07. The minimum Gasteiger partial charge on any atom is -0.383 e. The monoisotopic (exact) mass is 376 g/mol. The molecule has 2 aromatic carbocycles. The molecule has 0 atom stereocenters. The molecule has 0 radical (unpaired) electrons. The first-order valence-corrected chi connectivity index (χ1v) is 9.60. The molecule has 2 heterocycles. The van der Waals surface area contributed by atoms with Crippen molar-refractivity contribution in [3.05, 3.63) is 76.5 Å². The average Bonchev–Trinajstić information content (AvgIpc) is 3.31. The summed E-state index contributed by atoms with van der Waals surface area (Å²) in [6.07, 6.45) is 3.86. The number of para-hydroxylation sites is 1. The maximum atomic E-state index is 5.12. The van der Waals surface area contributed by atoms with Gasteiger partial charge >= 0.3 is 0 Å². The van der Waals surface area contributed by atoms with Crippen LogP contribution >= 0.6 is 11.3 Å². The summed E-state index contributed by atoms with van der Waals surface area (Å²) in [5.41, 5.74) is 4.28. The van der Waals surface area contributed by atoms with Crippen LogP contribution in [0.2, 0.25) is 0 Å². The number of nitrogens with one attached hydrogen (secondary N) is 1. The average molecular weight is 376 g/mol. The molecule has 136 valence electrons. The molecule has 1 N–H and O–H groups in total. The van der Waals surface area contributed by atoms with Crippen LogP contribution in [0, 0.1) is 0 Å². The number of ether oxygens (including phenoxy) is 1. The van der Waals surface area contributed by atoms with Gasteiger partial charge in [0.25, 0.3) is 0 Å². The molecule has 0 aliphatic rings. The number of hydrogen-bond donors (Lipinski definition) is 1. The second-order valence-electron chi connectivity index (χ2n) is 5.99. The van der Waals surface area contributed by atoms with Gasteiger partial charge in [-0.1, -0.05) is 48.5 Å². The Hall–Kier alpha value is -2.96. The van der Waals surface area contributed by atoms with Crippen molar-refractivity contribution in [2.75, 3.05) is 20.3 Å². The Kier molecular flexibility index (Phi) is 5.27. The van der Waals surface area contributed by atoms with Crippen molar-refractivity contribution >= 4 is 28.5 Å². The van der Waals surface area contributed by atoms with Crippen molar-refractivity contribution in [2.24, 2.45) is 10.1 Å². The van der Waals surface area contributed by atoms with Crippen molar-refractivity contribution < 1.29 is 4.74 Å². The number of rotatable bonds is 6. The molecule has 0 aliphatic heterocycles. The number of H-pyrrole nitrogens is 1. The van der Waals surface area contributed by atoms with Crippen molar-refractivity contribution in [1.29, 1.82) is 0 Å². The first kappa shape index (κ1) is 17.5. The Balaban J connectivity index is 1.77. The predicted octanol–water partition coefficient (Wildman–Crippen LogP) is 4.13. The number of fused-ring (bicyclic) bond motifs is 1. The standard InChI is InChI=1S/C21H20N4OS/c1-26-12-11-22-21-25(20(15-27-21)16-7-3-2-4-8-16)24-14-17-13-23-19-10-6-5-9-18(17)19/h2-10,13-15,23H,11-12H2,1H3. The molecule has 0 aliphatic carbocycles. The van der Waals surface area contributed by atoms with Crippen LogP contribution in [0.4, 0.5) is 0 Å². The molecule has 4 aromatic rings. The normalized spacial score (nSPS) is 12.4. The molecule has 0 saturated heterocycles. The molecule has 0 saturated carbocycles. The van der Waals surface area contributed by atoms with E-state index in [4.69, 9.17) is 9.84 Å². The highest BCUT2D eigenvalue weighted by Crippen LogP contribution is 2.20. The summed E-state index contributed by atoms with van der Waals surface area (Å²) in [6, 6.07) is 18.4. The van der Waals surface area contributed by atoms with Crippen LogP contribution in [0.1, 0.15) is 5.56 Å². The molecule has 0 unspecified atom stereocenters. The third-order valence-corrected chi connectivity index (χ3v) is 5.08. The maximum absolute atomic E-state index is 5.12. The minimum atomic E-state index is 0.588. The highest BCUT2D eigenvalue weighted by molar-refractivity contribution is 7.07. The molecule has 6 heteroatoms. The number of nitrogens with zero attached hydrogens (tertiary/aromatic N) is 3. The van der Waals surface area contributed by atoms with E-state index in [0.29, 0.717) is 13.2 Å². The second kappa shape index (κ2) is 8.16. The molecular weight excluding hydrogens is 356 g/mol. The van der Waals surface area contributed by atoms with Gasteiger partial charge in [0, 0.05) is 40.7 Å². The first-order valence-electron chi connectivity index (χ1n) is 8.72. The smallest absolute Gasteiger partial charge is 0.206 e. The van der Waals surface area contributed by atoms with E-state index in [2.05, 4.69) is 39.6 Å². The van der Waals surface area contributed by atoms with Gasteiger partial charge in [-0.25, -0.2) is 4.68 Å². The highest BCUT2D eigenvalue weighted by atomic mass is 32.1. The lowest BCUT2D eigenvalue weighted by Gasteiger charge is -2.03. The van der Waals surface area contributed by atoms with Gasteiger partial charge in [0.05, 0.1) is 25.1 Å². The third kappa shape index (κ3) is 3.77. The van der Waals surface area contributed by atoms with E-state index < -0.39 is 0 Å². The molecule has 4 rings (SSSR count). The van der Waals surface area contributed by atoms with Crippen LogP contribution in [-0.4, -0.2) is 36.1 Å². The Labute approximate surface area is 161 Å². The van der Waals surface area contributed by atoms with E-state index in [0.717, 1.165) is 32.5 Å². The van der Waals surface area contributed by atoms with E-state index in [1.54, 1.807) is 18.4 Å². The lowest BCUT2D eigenvalue weighted by atomic mass is 10.2. The van der Waals surface area contributed by atoms with Gasteiger partial charge in [0.1, 0.15) is 0 Å².